The Kier molecular flexibility index (Phi) is 2.99. The van der Waals surface area contributed by atoms with Crippen LogP contribution in [0.25, 0.3) is 5.57 Å². The molecule has 3 rings (SSSR count). The van der Waals surface area contributed by atoms with Gasteiger partial charge in [-0.25, -0.2) is 4.79 Å². The third kappa shape index (κ3) is 2.17. The van der Waals surface area contributed by atoms with Crippen molar-refractivity contribution in [1.29, 1.82) is 0 Å². The second-order valence-electron chi connectivity index (χ2n) is 4.68. The van der Waals surface area contributed by atoms with E-state index in [1.165, 1.54) is 18.2 Å². The van der Waals surface area contributed by atoms with E-state index >= 15 is 0 Å². The largest absolute Gasteiger partial charge is 0.478 e. The zero-order chi connectivity index (χ0) is 15.0. The summed E-state index contributed by atoms with van der Waals surface area (Å²) in [5.41, 5.74) is 1.46. The van der Waals surface area contributed by atoms with Gasteiger partial charge in [-0.15, -0.1) is 0 Å². The van der Waals surface area contributed by atoms with Gasteiger partial charge in [-0.3, -0.25) is 9.59 Å². The Morgan fingerprint density at radius 2 is 1.62 bits per heavy atom. The normalized spacial score (nSPS) is 13.6. The molecule has 0 unspecified atom stereocenters. The van der Waals surface area contributed by atoms with E-state index in [1.54, 1.807) is 36.4 Å². The SMILES string of the molecule is O=C(O)c1cccc(C2=CC(=O)c3ccccc3C2=O)c1. The third-order valence-electron chi connectivity index (χ3n) is 3.38. The number of fused-ring (bicyclic) bond motifs is 1. The Hall–Kier alpha value is -3.01. The van der Waals surface area contributed by atoms with Gasteiger partial charge >= 0.3 is 5.97 Å². The van der Waals surface area contributed by atoms with Crippen LogP contribution in [-0.2, 0) is 0 Å². The number of allylic oxidation sites excluding steroid dienone is 2. The van der Waals surface area contributed by atoms with Crippen LogP contribution in [0.5, 0.6) is 0 Å². The first-order valence-electron chi connectivity index (χ1n) is 6.31. The van der Waals surface area contributed by atoms with Crippen molar-refractivity contribution < 1.29 is 19.5 Å². The Bertz CT molecular complexity index is 815. The summed E-state index contributed by atoms with van der Waals surface area (Å²) < 4.78 is 0. The predicted octanol–water partition coefficient (Wildman–Crippen LogP) is 2.85. The average molecular weight is 278 g/mol. The molecule has 2 aromatic rings. The zero-order valence-corrected chi connectivity index (χ0v) is 10.9. The number of Topliss-reactive ketones (excluding diaryl/α,β-unsaturated/α-hetero) is 1. The Morgan fingerprint density at radius 1 is 0.905 bits per heavy atom. The van der Waals surface area contributed by atoms with Crippen molar-refractivity contribution in [2.24, 2.45) is 0 Å². The highest BCUT2D eigenvalue weighted by Crippen LogP contribution is 2.28. The fourth-order valence-electron chi connectivity index (χ4n) is 2.35. The summed E-state index contributed by atoms with van der Waals surface area (Å²) in [6.45, 7) is 0. The van der Waals surface area contributed by atoms with Crippen molar-refractivity contribution in [1.82, 2.24) is 0 Å². The molecule has 4 nitrogen and oxygen atoms in total. The van der Waals surface area contributed by atoms with E-state index < -0.39 is 5.97 Å². The van der Waals surface area contributed by atoms with Gasteiger partial charge < -0.3 is 5.11 Å². The molecule has 2 aromatic carbocycles. The summed E-state index contributed by atoms with van der Waals surface area (Å²) in [6, 6.07) is 12.6. The van der Waals surface area contributed by atoms with Crippen LogP contribution < -0.4 is 0 Å². The van der Waals surface area contributed by atoms with E-state index in [0.717, 1.165) is 0 Å². The summed E-state index contributed by atoms with van der Waals surface area (Å²) >= 11 is 0. The second-order valence-corrected chi connectivity index (χ2v) is 4.68. The molecule has 0 aromatic heterocycles. The summed E-state index contributed by atoms with van der Waals surface area (Å²) in [5, 5.41) is 9.01. The number of carboxylic acid groups (broad SMARTS) is 1. The summed E-state index contributed by atoms with van der Waals surface area (Å²) in [5.74, 6) is -1.60. The van der Waals surface area contributed by atoms with Crippen LogP contribution in [0.3, 0.4) is 0 Å². The maximum atomic E-state index is 12.5. The molecule has 1 aliphatic carbocycles. The highest BCUT2D eigenvalue weighted by atomic mass is 16.4. The van der Waals surface area contributed by atoms with Crippen LogP contribution in [0.1, 0.15) is 36.6 Å². The molecule has 0 heterocycles. The number of carboxylic acids is 1. The molecule has 0 spiro atoms. The standard InChI is InChI=1S/C17H10O4/c18-15-9-14(10-4-3-5-11(8-10)17(20)21)16(19)13-7-2-1-6-12(13)15/h1-9H,(H,20,21). The lowest BCUT2D eigenvalue weighted by atomic mass is 9.86. The third-order valence-corrected chi connectivity index (χ3v) is 3.38. The van der Waals surface area contributed by atoms with Crippen LogP contribution in [0.15, 0.2) is 54.6 Å². The maximum absolute atomic E-state index is 12.5. The van der Waals surface area contributed by atoms with Crippen LogP contribution in [0, 0.1) is 0 Å². The van der Waals surface area contributed by atoms with E-state index in [9.17, 15) is 14.4 Å². The van der Waals surface area contributed by atoms with Crippen LogP contribution in [-0.4, -0.2) is 22.6 Å². The molecule has 0 bridgehead atoms. The lowest BCUT2D eigenvalue weighted by Crippen LogP contribution is -2.16. The summed E-state index contributed by atoms with van der Waals surface area (Å²) in [6.07, 6.45) is 1.27. The molecule has 0 atom stereocenters. The molecule has 4 heteroatoms. The number of aromatic carboxylic acids is 1. The predicted molar refractivity (Wildman–Crippen MR) is 76.5 cm³/mol. The molecule has 21 heavy (non-hydrogen) atoms. The van der Waals surface area contributed by atoms with Gasteiger partial charge in [-0.2, -0.15) is 0 Å². The first-order valence-corrected chi connectivity index (χ1v) is 6.31. The first kappa shape index (κ1) is 13.0. The minimum absolute atomic E-state index is 0.0764. The van der Waals surface area contributed by atoms with Gasteiger partial charge in [-0.05, 0) is 23.8 Å². The van der Waals surface area contributed by atoms with Crippen LogP contribution in [0.4, 0.5) is 0 Å². The van der Waals surface area contributed by atoms with E-state index in [-0.39, 0.29) is 22.7 Å². The van der Waals surface area contributed by atoms with Crippen molar-refractivity contribution in [3.63, 3.8) is 0 Å². The molecule has 0 saturated carbocycles. The number of carbonyl (C=O) groups is 3. The number of rotatable bonds is 2. The lowest BCUT2D eigenvalue weighted by Gasteiger charge is -2.15. The minimum atomic E-state index is -1.08. The first-order chi connectivity index (χ1) is 10.1. The molecule has 0 fully saturated rings. The number of benzene rings is 2. The van der Waals surface area contributed by atoms with Crippen molar-refractivity contribution in [3.05, 3.63) is 76.9 Å². The topological polar surface area (TPSA) is 71.4 Å². The second kappa shape index (κ2) is 4.83. The van der Waals surface area contributed by atoms with Gasteiger partial charge in [0.1, 0.15) is 0 Å². The van der Waals surface area contributed by atoms with E-state index in [2.05, 4.69) is 0 Å². The Labute approximate surface area is 120 Å². The van der Waals surface area contributed by atoms with E-state index in [1.807, 2.05) is 0 Å². The van der Waals surface area contributed by atoms with Gasteiger partial charge in [0.15, 0.2) is 11.6 Å². The lowest BCUT2D eigenvalue weighted by molar-refractivity contribution is 0.0696. The molecule has 1 N–H and O–H groups in total. The quantitative estimate of drug-likeness (QED) is 0.916. The van der Waals surface area contributed by atoms with Gasteiger partial charge in [0, 0.05) is 16.7 Å². The van der Waals surface area contributed by atoms with Crippen LogP contribution in [0.2, 0.25) is 0 Å². The number of hydrogen-bond acceptors (Lipinski definition) is 3. The maximum Gasteiger partial charge on any atom is 0.335 e. The highest BCUT2D eigenvalue weighted by molar-refractivity contribution is 6.38. The van der Waals surface area contributed by atoms with Crippen molar-refractivity contribution in [2.75, 3.05) is 0 Å². The van der Waals surface area contributed by atoms with E-state index in [4.69, 9.17) is 5.11 Å². The summed E-state index contributed by atoms with van der Waals surface area (Å²) in [4.78, 5) is 35.6. The fraction of sp³-hybridized carbons (Fsp3) is 0. The van der Waals surface area contributed by atoms with Gasteiger partial charge in [0.2, 0.25) is 0 Å². The monoisotopic (exact) mass is 278 g/mol. The Morgan fingerprint density at radius 3 is 2.33 bits per heavy atom. The van der Waals surface area contributed by atoms with Gasteiger partial charge in [0.25, 0.3) is 0 Å². The average Bonchev–Trinajstić information content (AvgIpc) is 2.51. The number of ketones is 2. The van der Waals surface area contributed by atoms with Crippen molar-refractivity contribution >= 4 is 23.1 Å². The number of hydrogen-bond donors (Lipinski definition) is 1. The fourth-order valence-corrected chi connectivity index (χ4v) is 2.35. The highest BCUT2D eigenvalue weighted by Gasteiger charge is 2.26. The Balaban J connectivity index is 2.13. The molecule has 1 aliphatic rings. The van der Waals surface area contributed by atoms with E-state index in [0.29, 0.717) is 16.7 Å². The van der Waals surface area contributed by atoms with Crippen molar-refractivity contribution in [3.8, 4) is 0 Å². The molecular weight excluding hydrogens is 268 g/mol. The molecule has 0 radical (unpaired) electrons. The summed E-state index contributed by atoms with van der Waals surface area (Å²) in [7, 11) is 0. The molecule has 102 valence electrons. The van der Waals surface area contributed by atoms with Crippen molar-refractivity contribution in [2.45, 2.75) is 0 Å². The van der Waals surface area contributed by atoms with Crippen LogP contribution >= 0.6 is 0 Å². The number of carbonyl (C=O) groups excluding carboxylic acids is 2. The molecule has 0 aliphatic heterocycles. The smallest absolute Gasteiger partial charge is 0.335 e. The van der Waals surface area contributed by atoms with Gasteiger partial charge in [-0.1, -0.05) is 36.4 Å². The molecular formula is C17H10O4. The van der Waals surface area contributed by atoms with Gasteiger partial charge in [0.05, 0.1) is 5.56 Å². The molecule has 0 amide bonds. The minimum Gasteiger partial charge on any atom is -0.478 e. The molecule has 0 saturated heterocycles. The zero-order valence-electron chi connectivity index (χ0n) is 10.9.